The van der Waals surface area contributed by atoms with Gasteiger partial charge in [-0.25, -0.2) is 0 Å². The van der Waals surface area contributed by atoms with Crippen LogP contribution in [-0.4, -0.2) is 40.0 Å². The second-order valence-electron chi connectivity index (χ2n) is 4.32. The molecule has 0 heterocycles. The fraction of sp³-hybridized carbons (Fsp3) is 0.625. The van der Waals surface area contributed by atoms with Crippen LogP contribution in [0.1, 0.15) is 25.0 Å². The predicted octanol–water partition coefficient (Wildman–Crippen LogP) is 2.59. The molecule has 20 heavy (non-hydrogen) atoms. The van der Waals surface area contributed by atoms with Crippen LogP contribution in [0, 0.1) is 6.07 Å². The fourth-order valence-electron chi connectivity index (χ4n) is 2.03. The van der Waals surface area contributed by atoms with E-state index in [0.29, 0.717) is 26.1 Å². The molecular formula is C16H25O4. The molecule has 1 aromatic rings. The number of ether oxygens (including phenoxy) is 4. The Morgan fingerprint density at radius 2 is 1.60 bits per heavy atom. The first-order chi connectivity index (χ1) is 9.74. The molecule has 1 aromatic carbocycles. The highest BCUT2D eigenvalue weighted by Crippen LogP contribution is 2.16. The predicted molar refractivity (Wildman–Crippen MR) is 77.5 cm³/mol. The van der Waals surface area contributed by atoms with Crippen LogP contribution in [0.5, 0.6) is 0 Å². The molecule has 0 aliphatic rings. The van der Waals surface area contributed by atoms with E-state index in [4.69, 9.17) is 18.9 Å². The van der Waals surface area contributed by atoms with Crippen LogP contribution >= 0.6 is 0 Å². The maximum atomic E-state index is 5.53. The van der Waals surface area contributed by atoms with Gasteiger partial charge in [0.2, 0.25) is 0 Å². The van der Waals surface area contributed by atoms with E-state index in [1.165, 1.54) is 0 Å². The minimum Gasteiger partial charge on any atom is -0.356 e. The van der Waals surface area contributed by atoms with E-state index in [0.717, 1.165) is 11.1 Å². The Balaban J connectivity index is 2.76. The van der Waals surface area contributed by atoms with Crippen LogP contribution in [-0.2, 0) is 31.8 Å². The van der Waals surface area contributed by atoms with E-state index in [1.807, 2.05) is 26.0 Å². The Morgan fingerprint density at radius 3 is 2.15 bits per heavy atom. The summed E-state index contributed by atoms with van der Waals surface area (Å²) in [5.74, 6) is 0. The number of rotatable bonds is 10. The van der Waals surface area contributed by atoms with Crippen molar-refractivity contribution in [3.05, 3.63) is 35.4 Å². The zero-order chi connectivity index (χ0) is 14.8. The van der Waals surface area contributed by atoms with Crippen molar-refractivity contribution in [1.29, 1.82) is 0 Å². The molecule has 0 amide bonds. The SMILES string of the molecule is CCOC(Cc1[c]cccc1CC(OC)OCC)OC. The smallest absolute Gasteiger partial charge is 0.161 e. The number of benzene rings is 1. The van der Waals surface area contributed by atoms with Crippen LogP contribution in [0.15, 0.2) is 18.2 Å². The van der Waals surface area contributed by atoms with Crippen LogP contribution in [0.3, 0.4) is 0 Å². The van der Waals surface area contributed by atoms with E-state index in [9.17, 15) is 0 Å². The molecule has 0 aromatic heterocycles. The highest BCUT2D eigenvalue weighted by Gasteiger charge is 2.15. The van der Waals surface area contributed by atoms with Gasteiger partial charge in [0.15, 0.2) is 12.6 Å². The molecule has 0 N–H and O–H groups in total. The second-order valence-corrected chi connectivity index (χ2v) is 4.32. The highest BCUT2D eigenvalue weighted by atomic mass is 16.7. The molecule has 0 fully saturated rings. The normalized spacial score (nSPS) is 14.2. The maximum absolute atomic E-state index is 5.53. The lowest BCUT2D eigenvalue weighted by atomic mass is 10.0. The van der Waals surface area contributed by atoms with Crippen molar-refractivity contribution in [2.45, 2.75) is 39.3 Å². The van der Waals surface area contributed by atoms with Crippen LogP contribution in [0.2, 0.25) is 0 Å². The van der Waals surface area contributed by atoms with Gasteiger partial charge >= 0.3 is 0 Å². The van der Waals surface area contributed by atoms with Gasteiger partial charge in [0.1, 0.15) is 0 Å². The quantitative estimate of drug-likeness (QED) is 0.618. The molecule has 2 unspecified atom stereocenters. The second kappa shape index (κ2) is 9.88. The average Bonchev–Trinajstić information content (AvgIpc) is 2.48. The lowest BCUT2D eigenvalue weighted by molar-refractivity contribution is -0.121. The Labute approximate surface area is 122 Å². The van der Waals surface area contributed by atoms with Crippen molar-refractivity contribution < 1.29 is 18.9 Å². The Morgan fingerprint density at radius 1 is 1.00 bits per heavy atom. The molecule has 0 saturated carbocycles. The van der Waals surface area contributed by atoms with Gasteiger partial charge in [0, 0.05) is 40.3 Å². The number of methoxy groups -OCH3 is 2. The van der Waals surface area contributed by atoms with Crippen molar-refractivity contribution in [3.63, 3.8) is 0 Å². The van der Waals surface area contributed by atoms with Gasteiger partial charge < -0.3 is 18.9 Å². The summed E-state index contributed by atoms with van der Waals surface area (Å²) in [7, 11) is 3.31. The first-order valence-corrected chi connectivity index (χ1v) is 7.02. The van der Waals surface area contributed by atoms with Crippen molar-refractivity contribution in [1.82, 2.24) is 0 Å². The van der Waals surface area contributed by atoms with Crippen LogP contribution in [0.4, 0.5) is 0 Å². The van der Waals surface area contributed by atoms with E-state index >= 15 is 0 Å². The first-order valence-electron chi connectivity index (χ1n) is 7.02. The van der Waals surface area contributed by atoms with Gasteiger partial charge in [-0.15, -0.1) is 0 Å². The number of hydrogen-bond acceptors (Lipinski definition) is 4. The van der Waals surface area contributed by atoms with Gasteiger partial charge in [-0.1, -0.05) is 18.2 Å². The van der Waals surface area contributed by atoms with Gasteiger partial charge in [-0.05, 0) is 31.0 Å². The fourth-order valence-corrected chi connectivity index (χ4v) is 2.03. The van der Waals surface area contributed by atoms with Gasteiger partial charge in [0.25, 0.3) is 0 Å². The molecule has 2 atom stereocenters. The summed E-state index contributed by atoms with van der Waals surface area (Å²) in [5.41, 5.74) is 2.23. The lowest BCUT2D eigenvalue weighted by Gasteiger charge is -2.20. The zero-order valence-corrected chi connectivity index (χ0v) is 12.8. The van der Waals surface area contributed by atoms with E-state index in [-0.39, 0.29) is 12.6 Å². The minimum absolute atomic E-state index is 0.234. The summed E-state index contributed by atoms with van der Waals surface area (Å²) in [6, 6.07) is 9.20. The van der Waals surface area contributed by atoms with Crippen molar-refractivity contribution in [3.8, 4) is 0 Å². The van der Waals surface area contributed by atoms with Crippen molar-refractivity contribution in [2.75, 3.05) is 27.4 Å². The van der Waals surface area contributed by atoms with E-state index in [1.54, 1.807) is 14.2 Å². The van der Waals surface area contributed by atoms with E-state index in [2.05, 4.69) is 12.1 Å². The highest BCUT2D eigenvalue weighted by molar-refractivity contribution is 5.27. The molecule has 0 aliphatic carbocycles. The van der Waals surface area contributed by atoms with Crippen molar-refractivity contribution >= 4 is 0 Å². The molecule has 1 radical (unpaired) electrons. The molecule has 0 spiro atoms. The first kappa shape index (κ1) is 17.1. The monoisotopic (exact) mass is 281 g/mol. The molecule has 113 valence electrons. The Hall–Kier alpha value is -0.940. The minimum atomic E-state index is -0.245. The number of hydrogen-bond donors (Lipinski definition) is 0. The molecule has 1 rings (SSSR count). The third-order valence-electron chi connectivity index (χ3n) is 3.03. The topological polar surface area (TPSA) is 36.9 Å². The third-order valence-corrected chi connectivity index (χ3v) is 3.03. The van der Waals surface area contributed by atoms with Gasteiger partial charge in [-0.2, -0.15) is 0 Å². The van der Waals surface area contributed by atoms with E-state index < -0.39 is 0 Å². The van der Waals surface area contributed by atoms with Crippen LogP contribution in [0.25, 0.3) is 0 Å². The summed E-state index contributed by atoms with van der Waals surface area (Å²) in [6.45, 7) is 5.17. The Bertz CT molecular complexity index is 332. The summed E-state index contributed by atoms with van der Waals surface area (Å²) < 4.78 is 21.7. The third kappa shape index (κ3) is 5.59. The molecule has 0 saturated heterocycles. The van der Waals surface area contributed by atoms with Gasteiger partial charge in [-0.3, -0.25) is 0 Å². The zero-order valence-electron chi connectivity index (χ0n) is 12.8. The Kier molecular flexibility index (Phi) is 8.46. The summed E-state index contributed by atoms with van der Waals surface area (Å²) in [4.78, 5) is 0. The summed E-state index contributed by atoms with van der Waals surface area (Å²) in [6.07, 6.45) is 0.885. The summed E-state index contributed by atoms with van der Waals surface area (Å²) in [5, 5.41) is 0. The molecule has 0 aliphatic heterocycles. The van der Waals surface area contributed by atoms with Gasteiger partial charge in [0.05, 0.1) is 0 Å². The van der Waals surface area contributed by atoms with Crippen LogP contribution < -0.4 is 0 Å². The largest absolute Gasteiger partial charge is 0.356 e. The maximum Gasteiger partial charge on any atom is 0.161 e. The van der Waals surface area contributed by atoms with Crippen molar-refractivity contribution in [2.24, 2.45) is 0 Å². The molecule has 0 bridgehead atoms. The molecular weight excluding hydrogens is 256 g/mol. The summed E-state index contributed by atoms with van der Waals surface area (Å²) >= 11 is 0. The standard InChI is InChI=1S/C16H25O4/c1-5-19-15(17-3)11-13-9-7-8-10-14(13)12-16(18-4)20-6-2/h7-9,15-16H,5-6,11-12H2,1-4H3. The molecule has 4 nitrogen and oxygen atoms in total. The lowest BCUT2D eigenvalue weighted by Crippen LogP contribution is -2.22. The average molecular weight is 281 g/mol. The molecule has 4 heteroatoms.